The highest BCUT2D eigenvalue weighted by atomic mass is 35.7. The van der Waals surface area contributed by atoms with Crippen molar-refractivity contribution in [3.8, 4) is 0 Å². The second kappa shape index (κ2) is 5.37. The van der Waals surface area contributed by atoms with E-state index < -0.39 is 9.05 Å². The van der Waals surface area contributed by atoms with Crippen LogP contribution in [0, 0.1) is 0 Å². The number of imidazole rings is 1. The zero-order valence-electron chi connectivity index (χ0n) is 9.38. The molecule has 1 atom stereocenters. The lowest BCUT2D eigenvalue weighted by Gasteiger charge is -2.08. The van der Waals surface area contributed by atoms with E-state index in [1.165, 1.54) is 12.5 Å². The number of ether oxygens (including phenoxy) is 1. The van der Waals surface area contributed by atoms with Crippen LogP contribution in [0.1, 0.15) is 25.7 Å². The summed E-state index contributed by atoms with van der Waals surface area (Å²) in [5.74, 6) is 0. The largest absolute Gasteiger partial charge is 0.378 e. The number of halogens is 1. The average molecular weight is 279 g/mol. The number of aromatic nitrogens is 2. The van der Waals surface area contributed by atoms with E-state index in [4.69, 9.17) is 15.4 Å². The van der Waals surface area contributed by atoms with E-state index in [-0.39, 0.29) is 5.03 Å². The Hall–Kier alpha value is -0.590. The van der Waals surface area contributed by atoms with Gasteiger partial charge in [0, 0.05) is 30.0 Å². The molecule has 1 unspecified atom stereocenters. The van der Waals surface area contributed by atoms with Crippen molar-refractivity contribution in [3.05, 3.63) is 12.5 Å². The lowest BCUT2D eigenvalue weighted by atomic mass is 10.1. The van der Waals surface area contributed by atoms with E-state index >= 15 is 0 Å². The lowest BCUT2D eigenvalue weighted by Crippen LogP contribution is -2.06. The Bertz CT molecular complexity index is 466. The van der Waals surface area contributed by atoms with Crippen molar-refractivity contribution in [1.82, 2.24) is 9.55 Å². The van der Waals surface area contributed by atoms with Crippen LogP contribution >= 0.6 is 10.7 Å². The second-order valence-corrected chi connectivity index (χ2v) is 6.68. The summed E-state index contributed by atoms with van der Waals surface area (Å²) < 4.78 is 29.2. The van der Waals surface area contributed by atoms with Gasteiger partial charge in [0.1, 0.15) is 0 Å². The van der Waals surface area contributed by atoms with Gasteiger partial charge in [0.25, 0.3) is 9.05 Å². The summed E-state index contributed by atoms with van der Waals surface area (Å²) in [6.07, 6.45) is 7.54. The standard InChI is InChI=1S/C10H15ClN2O3S/c11-17(14,15)10-7-13(8-12-10)5-1-3-9-4-2-6-16-9/h7-9H,1-6H2. The van der Waals surface area contributed by atoms with Crippen molar-refractivity contribution in [1.29, 1.82) is 0 Å². The third-order valence-corrected chi connectivity index (χ3v) is 4.01. The minimum atomic E-state index is -3.71. The molecule has 17 heavy (non-hydrogen) atoms. The van der Waals surface area contributed by atoms with E-state index in [0.717, 1.165) is 38.8 Å². The molecule has 0 amide bonds. The first-order valence-corrected chi connectivity index (χ1v) is 7.95. The molecule has 1 aliphatic heterocycles. The zero-order valence-corrected chi connectivity index (χ0v) is 11.0. The monoisotopic (exact) mass is 278 g/mol. The molecule has 0 aliphatic carbocycles. The SMILES string of the molecule is O=S(=O)(Cl)c1cn(CCCC2CCCO2)cn1. The molecule has 0 aromatic carbocycles. The van der Waals surface area contributed by atoms with Gasteiger partial charge in [-0.1, -0.05) is 0 Å². The second-order valence-electron chi connectivity index (χ2n) is 4.16. The fourth-order valence-corrected chi connectivity index (χ4v) is 2.63. The summed E-state index contributed by atoms with van der Waals surface area (Å²) in [5, 5.41) is -0.0868. The Morgan fingerprint density at radius 2 is 2.41 bits per heavy atom. The molecule has 1 saturated heterocycles. The van der Waals surface area contributed by atoms with Crippen molar-refractivity contribution in [2.75, 3.05) is 6.61 Å². The summed E-state index contributed by atoms with van der Waals surface area (Å²) in [6, 6.07) is 0. The average Bonchev–Trinajstić information content (AvgIpc) is 2.86. The Morgan fingerprint density at radius 1 is 1.59 bits per heavy atom. The summed E-state index contributed by atoms with van der Waals surface area (Å²) in [4.78, 5) is 3.75. The van der Waals surface area contributed by atoms with Gasteiger partial charge in [0.05, 0.1) is 12.4 Å². The molecule has 1 fully saturated rings. The van der Waals surface area contributed by atoms with E-state index in [1.807, 2.05) is 0 Å². The van der Waals surface area contributed by atoms with Crippen LogP contribution in [-0.4, -0.2) is 30.7 Å². The third kappa shape index (κ3) is 3.69. The first kappa shape index (κ1) is 12.9. The maximum absolute atomic E-state index is 11.0. The van der Waals surface area contributed by atoms with Crippen molar-refractivity contribution < 1.29 is 13.2 Å². The molecule has 0 radical (unpaired) electrons. The van der Waals surface area contributed by atoms with Gasteiger partial charge < -0.3 is 9.30 Å². The van der Waals surface area contributed by atoms with Crippen LogP contribution in [0.15, 0.2) is 17.6 Å². The predicted octanol–water partition coefficient (Wildman–Crippen LogP) is 1.77. The Morgan fingerprint density at radius 3 is 3.00 bits per heavy atom. The molecular formula is C10H15ClN2O3S. The van der Waals surface area contributed by atoms with Crippen LogP contribution in [0.2, 0.25) is 0 Å². The van der Waals surface area contributed by atoms with Gasteiger partial charge in [0.15, 0.2) is 5.03 Å². The van der Waals surface area contributed by atoms with E-state index in [0.29, 0.717) is 6.10 Å². The molecule has 5 nitrogen and oxygen atoms in total. The highest BCUT2D eigenvalue weighted by Crippen LogP contribution is 2.17. The van der Waals surface area contributed by atoms with Gasteiger partial charge >= 0.3 is 0 Å². The third-order valence-electron chi connectivity index (χ3n) is 2.83. The summed E-state index contributed by atoms with van der Waals surface area (Å²) >= 11 is 0. The molecule has 1 aromatic rings. The van der Waals surface area contributed by atoms with Crippen molar-refractivity contribution >= 4 is 19.7 Å². The molecule has 2 heterocycles. The molecule has 7 heteroatoms. The fourth-order valence-electron chi connectivity index (χ4n) is 1.96. The van der Waals surface area contributed by atoms with Gasteiger partial charge in [-0.05, 0) is 25.7 Å². The van der Waals surface area contributed by atoms with E-state index in [9.17, 15) is 8.42 Å². The molecule has 2 rings (SSSR count). The summed E-state index contributed by atoms with van der Waals surface area (Å²) in [5.41, 5.74) is 0. The minimum absolute atomic E-state index is 0.0868. The van der Waals surface area contributed by atoms with E-state index in [2.05, 4.69) is 4.98 Å². The number of hydrogen-bond acceptors (Lipinski definition) is 4. The topological polar surface area (TPSA) is 61.2 Å². The lowest BCUT2D eigenvalue weighted by molar-refractivity contribution is 0.101. The van der Waals surface area contributed by atoms with Crippen molar-refractivity contribution in [2.24, 2.45) is 0 Å². The van der Waals surface area contributed by atoms with Gasteiger partial charge in [-0.2, -0.15) is 0 Å². The number of hydrogen-bond donors (Lipinski definition) is 0. The maximum atomic E-state index is 11.0. The summed E-state index contributed by atoms with van der Waals surface area (Å²) in [6.45, 7) is 1.60. The summed E-state index contributed by atoms with van der Waals surface area (Å²) in [7, 11) is 1.48. The highest BCUT2D eigenvalue weighted by molar-refractivity contribution is 8.13. The molecule has 0 N–H and O–H groups in total. The minimum Gasteiger partial charge on any atom is -0.378 e. The predicted molar refractivity (Wildman–Crippen MR) is 63.5 cm³/mol. The van der Waals surface area contributed by atoms with Gasteiger partial charge in [-0.15, -0.1) is 0 Å². The van der Waals surface area contributed by atoms with E-state index in [1.54, 1.807) is 4.57 Å². The quantitative estimate of drug-likeness (QED) is 0.770. The maximum Gasteiger partial charge on any atom is 0.280 e. The Balaban J connectivity index is 1.81. The molecule has 0 spiro atoms. The highest BCUT2D eigenvalue weighted by Gasteiger charge is 2.16. The van der Waals surface area contributed by atoms with Gasteiger partial charge in [-0.3, -0.25) is 0 Å². The Kier molecular flexibility index (Phi) is 4.06. The van der Waals surface area contributed by atoms with Crippen LogP contribution in [0.3, 0.4) is 0 Å². The number of rotatable bonds is 5. The molecule has 96 valence electrons. The van der Waals surface area contributed by atoms with Crippen LogP contribution in [-0.2, 0) is 20.3 Å². The molecule has 0 bridgehead atoms. The number of nitrogens with zero attached hydrogens (tertiary/aromatic N) is 2. The van der Waals surface area contributed by atoms with Crippen molar-refractivity contribution in [3.63, 3.8) is 0 Å². The van der Waals surface area contributed by atoms with Gasteiger partial charge in [0.2, 0.25) is 0 Å². The molecule has 1 aliphatic rings. The first-order valence-electron chi connectivity index (χ1n) is 5.64. The first-order chi connectivity index (χ1) is 8.05. The molecule has 0 saturated carbocycles. The van der Waals surface area contributed by atoms with Gasteiger partial charge in [-0.25, -0.2) is 13.4 Å². The normalized spacial score (nSPS) is 20.9. The fraction of sp³-hybridized carbons (Fsp3) is 0.700. The Labute approximate surface area is 105 Å². The van der Waals surface area contributed by atoms with Crippen LogP contribution in [0.4, 0.5) is 0 Å². The van der Waals surface area contributed by atoms with Crippen LogP contribution in [0.25, 0.3) is 0 Å². The molecule has 1 aromatic heterocycles. The molecular weight excluding hydrogens is 264 g/mol. The smallest absolute Gasteiger partial charge is 0.280 e. The van der Waals surface area contributed by atoms with Crippen molar-refractivity contribution in [2.45, 2.75) is 43.4 Å². The zero-order chi connectivity index (χ0) is 12.3. The number of aryl methyl sites for hydroxylation is 1. The van der Waals surface area contributed by atoms with Crippen LogP contribution < -0.4 is 0 Å². The van der Waals surface area contributed by atoms with Crippen LogP contribution in [0.5, 0.6) is 0 Å².